The Bertz CT molecular complexity index is 1010. The van der Waals surface area contributed by atoms with Crippen molar-refractivity contribution in [1.29, 1.82) is 0 Å². The third kappa shape index (κ3) is 5.23. The van der Waals surface area contributed by atoms with E-state index in [1.165, 1.54) is 6.92 Å². The molecule has 3 rings (SSSR count). The number of ketones is 1. The number of hydrogen-bond acceptors (Lipinski definition) is 4. The van der Waals surface area contributed by atoms with E-state index in [1.54, 1.807) is 30.3 Å². The number of Topliss-reactive ketones (excluding diaryl/α,β-unsaturated/α-hetero) is 1. The predicted molar refractivity (Wildman–Crippen MR) is 116 cm³/mol. The van der Waals surface area contributed by atoms with Crippen LogP contribution in [0.15, 0.2) is 72.8 Å². The van der Waals surface area contributed by atoms with Crippen LogP contribution in [0.2, 0.25) is 0 Å². The standard InChI is InChI=1S/C24H24N2O3/c1-17(27)22-15-20(26(2)3)12-13-23(22)25-24(28)19-10-7-11-21(14-19)29-16-18-8-5-4-6-9-18/h4-15H,16H2,1-3H3,(H,25,28). The summed E-state index contributed by atoms with van der Waals surface area (Å²) in [7, 11) is 3.80. The Kier molecular flexibility index (Phi) is 6.29. The number of ether oxygens (including phenoxy) is 1. The Morgan fingerprint density at radius 3 is 2.38 bits per heavy atom. The average molecular weight is 388 g/mol. The first-order chi connectivity index (χ1) is 13.9. The van der Waals surface area contributed by atoms with Gasteiger partial charge in [0.05, 0.1) is 5.69 Å². The number of nitrogens with zero attached hydrogens (tertiary/aromatic N) is 1. The Balaban J connectivity index is 1.75. The molecule has 0 spiro atoms. The van der Waals surface area contributed by atoms with Gasteiger partial charge in [-0.15, -0.1) is 0 Å². The van der Waals surface area contributed by atoms with Crippen molar-refractivity contribution in [2.75, 3.05) is 24.3 Å². The van der Waals surface area contributed by atoms with Crippen molar-refractivity contribution in [2.45, 2.75) is 13.5 Å². The van der Waals surface area contributed by atoms with Gasteiger partial charge in [0.15, 0.2) is 5.78 Å². The van der Waals surface area contributed by atoms with Gasteiger partial charge in [-0.05, 0) is 48.9 Å². The number of rotatable bonds is 7. The molecule has 0 bridgehead atoms. The third-order valence-corrected chi connectivity index (χ3v) is 4.49. The molecule has 0 aliphatic rings. The van der Waals surface area contributed by atoms with Gasteiger partial charge in [-0.25, -0.2) is 0 Å². The number of amides is 1. The van der Waals surface area contributed by atoms with E-state index in [9.17, 15) is 9.59 Å². The van der Waals surface area contributed by atoms with Gasteiger partial charge in [0.2, 0.25) is 0 Å². The maximum absolute atomic E-state index is 12.7. The molecular formula is C24H24N2O3. The van der Waals surface area contributed by atoms with E-state index in [4.69, 9.17) is 4.74 Å². The van der Waals surface area contributed by atoms with Crippen molar-refractivity contribution in [1.82, 2.24) is 0 Å². The van der Waals surface area contributed by atoms with Gasteiger partial charge in [-0.3, -0.25) is 9.59 Å². The molecule has 0 saturated heterocycles. The van der Waals surface area contributed by atoms with Gasteiger partial charge >= 0.3 is 0 Å². The van der Waals surface area contributed by atoms with Crippen molar-refractivity contribution in [2.24, 2.45) is 0 Å². The summed E-state index contributed by atoms with van der Waals surface area (Å²) in [5.74, 6) is 0.204. The summed E-state index contributed by atoms with van der Waals surface area (Å²) < 4.78 is 5.80. The summed E-state index contributed by atoms with van der Waals surface area (Å²) in [6, 6.07) is 22.2. The first-order valence-corrected chi connectivity index (χ1v) is 9.34. The molecule has 3 aromatic rings. The molecule has 0 aliphatic carbocycles. The molecular weight excluding hydrogens is 364 g/mol. The van der Waals surface area contributed by atoms with Crippen LogP contribution in [0.4, 0.5) is 11.4 Å². The second-order valence-electron chi connectivity index (χ2n) is 6.94. The molecule has 0 saturated carbocycles. The van der Waals surface area contributed by atoms with E-state index < -0.39 is 0 Å². The van der Waals surface area contributed by atoms with Gasteiger partial charge in [0, 0.05) is 30.9 Å². The third-order valence-electron chi connectivity index (χ3n) is 4.49. The van der Waals surface area contributed by atoms with E-state index in [0.717, 1.165) is 11.3 Å². The number of hydrogen-bond donors (Lipinski definition) is 1. The fourth-order valence-corrected chi connectivity index (χ4v) is 2.87. The van der Waals surface area contributed by atoms with Crippen molar-refractivity contribution in [3.63, 3.8) is 0 Å². The highest BCUT2D eigenvalue weighted by atomic mass is 16.5. The van der Waals surface area contributed by atoms with E-state index in [-0.39, 0.29) is 11.7 Å². The summed E-state index contributed by atoms with van der Waals surface area (Å²) in [4.78, 5) is 26.7. The zero-order valence-electron chi connectivity index (χ0n) is 16.8. The maximum Gasteiger partial charge on any atom is 0.255 e. The number of nitrogens with one attached hydrogen (secondary N) is 1. The number of benzene rings is 3. The lowest BCUT2D eigenvalue weighted by Crippen LogP contribution is -2.16. The summed E-state index contributed by atoms with van der Waals surface area (Å²) >= 11 is 0. The summed E-state index contributed by atoms with van der Waals surface area (Å²) in [6.07, 6.45) is 0. The van der Waals surface area contributed by atoms with Crippen LogP contribution in [0.3, 0.4) is 0 Å². The average Bonchev–Trinajstić information content (AvgIpc) is 2.73. The highest BCUT2D eigenvalue weighted by Crippen LogP contribution is 2.24. The minimum Gasteiger partial charge on any atom is -0.489 e. The fraction of sp³-hybridized carbons (Fsp3) is 0.167. The van der Waals surface area contributed by atoms with Crippen molar-refractivity contribution in [3.8, 4) is 5.75 Å². The normalized spacial score (nSPS) is 10.3. The topological polar surface area (TPSA) is 58.6 Å². The zero-order valence-corrected chi connectivity index (χ0v) is 16.8. The van der Waals surface area contributed by atoms with Crippen LogP contribution in [0, 0.1) is 0 Å². The first kappa shape index (κ1) is 20.1. The van der Waals surface area contributed by atoms with Crippen molar-refractivity contribution < 1.29 is 14.3 Å². The summed E-state index contributed by atoms with van der Waals surface area (Å²) in [5, 5.41) is 2.84. The lowest BCUT2D eigenvalue weighted by molar-refractivity contribution is 0.101. The molecule has 0 unspecified atom stereocenters. The molecule has 29 heavy (non-hydrogen) atoms. The van der Waals surface area contributed by atoms with Gasteiger partial charge in [0.25, 0.3) is 5.91 Å². The Labute approximate surface area is 170 Å². The molecule has 1 amide bonds. The molecule has 0 aromatic heterocycles. The fourth-order valence-electron chi connectivity index (χ4n) is 2.87. The highest BCUT2D eigenvalue weighted by Gasteiger charge is 2.14. The molecule has 5 heteroatoms. The van der Waals surface area contributed by atoms with Crippen LogP contribution in [0.1, 0.15) is 33.2 Å². The predicted octanol–water partition coefficient (Wildman–Crippen LogP) is 4.79. The first-order valence-electron chi connectivity index (χ1n) is 9.34. The molecule has 3 aromatic carbocycles. The molecule has 1 N–H and O–H groups in total. The van der Waals surface area contributed by atoms with E-state index in [1.807, 2.05) is 61.5 Å². The largest absolute Gasteiger partial charge is 0.489 e. The van der Waals surface area contributed by atoms with Gasteiger partial charge in [-0.2, -0.15) is 0 Å². The Hall–Kier alpha value is -3.60. The van der Waals surface area contributed by atoms with Crippen LogP contribution >= 0.6 is 0 Å². The van der Waals surface area contributed by atoms with Crippen molar-refractivity contribution >= 4 is 23.1 Å². The summed E-state index contributed by atoms with van der Waals surface area (Å²) in [5.41, 5.74) is 3.37. The highest BCUT2D eigenvalue weighted by molar-refractivity contribution is 6.09. The Morgan fingerprint density at radius 1 is 0.931 bits per heavy atom. The van der Waals surface area contributed by atoms with Crippen LogP contribution in [-0.4, -0.2) is 25.8 Å². The van der Waals surface area contributed by atoms with Gasteiger partial charge in [-0.1, -0.05) is 36.4 Å². The second-order valence-corrected chi connectivity index (χ2v) is 6.94. The number of anilines is 2. The Morgan fingerprint density at radius 2 is 1.69 bits per heavy atom. The minimum atomic E-state index is -0.296. The van der Waals surface area contributed by atoms with Crippen LogP contribution < -0.4 is 15.0 Å². The number of carbonyl (C=O) groups excluding carboxylic acids is 2. The van der Waals surface area contributed by atoms with Crippen LogP contribution in [0.5, 0.6) is 5.75 Å². The van der Waals surface area contributed by atoms with E-state index in [0.29, 0.717) is 29.2 Å². The van der Waals surface area contributed by atoms with Crippen LogP contribution in [-0.2, 0) is 6.61 Å². The molecule has 0 atom stereocenters. The summed E-state index contributed by atoms with van der Waals surface area (Å²) in [6.45, 7) is 1.91. The molecule has 5 nitrogen and oxygen atoms in total. The smallest absolute Gasteiger partial charge is 0.255 e. The zero-order chi connectivity index (χ0) is 20.8. The minimum absolute atomic E-state index is 0.107. The quantitative estimate of drug-likeness (QED) is 0.592. The van der Waals surface area contributed by atoms with E-state index in [2.05, 4.69) is 5.32 Å². The molecule has 0 heterocycles. The SMILES string of the molecule is CC(=O)c1cc(N(C)C)ccc1NC(=O)c1cccc(OCc2ccccc2)c1. The number of carbonyl (C=O) groups is 2. The lowest BCUT2D eigenvalue weighted by Gasteiger charge is -2.16. The molecule has 148 valence electrons. The van der Waals surface area contributed by atoms with E-state index >= 15 is 0 Å². The molecule has 0 fully saturated rings. The van der Waals surface area contributed by atoms with Gasteiger partial charge in [0.1, 0.15) is 12.4 Å². The molecule has 0 radical (unpaired) electrons. The van der Waals surface area contributed by atoms with Gasteiger partial charge < -0.3 is 15.0 Å². The lowest BCUT2D eigenvalue weighted by atomic mass is 10.1. The molecule has 0 aliphatic heterocycles. The monoisotopic (exact) mass is 388 g/mol. The van der Waals surface area contributed by atoms with Crippen LogP contribution in [0.25, 0.3) is 0 Å². The maximum atomic E-state index is 12.7. The second kappa shape index (κ2) is 9.06. The van der Waals surface area contributed by atoms with Crippen molar-refractivity contribution in [3.05, 3.63) is 89.5 Å².